The van der Waals surface area contributed by atoms with Gasteiger partial charge in [-0.1, -0.05) is 12.1 Å². The molecule has 1 aromatic carbocycles. The van der Waals surface area contributed by atoms with Gasteiger partial charge in [0.15, 0.2) is 11.5 Å². The molecule has 0 atom stereocenters. The van der Waals surface area contributed by atoms with E-state index in [1.165, 1.54) is 16.7 Å². The maximum Gasteiger partial charge on any atom is 0.244 e. The molecule has 1 aliphatic rings. The maximum atomic E-state index is 12.8. The summed E-state index contributed by atoms with van der Waals surface area (Å²) in [6, 6.07) is 8.55. The van der Waals surface area contributed by atoms with Crippen molar-refractivity contribution in [2.75, 3.05) is 25.0 Å². The van der Waals surface area contributed by atoms with Crippen molar-refractivity contribution in [3.8, 4) is 6.07 Å². The zero-order valence-corrected chi connectivity index (χ0v) is 15.2. The number of sulfonamides is 1. The minimum Gasteiger partial charge on any atom is -0.351 e. The van der Waals surface area contributed by atoms with Crippen LogP contribution in [0.3, 0.4) is 0 Å². The van der Waals surface area contributed by atoms with Crippen LogP contribution < -0.4 is 4.90 Å². The number of hydrogen-bond donors (Lipinski definition) is 0. The van der Waals surface area contributed by atoms with Gasteiger partial charge in [0.1, 0.15) is 6.07 Å². The normalized spacial score (nSPS) is 15.2. The smallest absolute Gasteiger partial charge is 0.244 e. The molecule has 0 saturated carbocycles. The second-order valence-electron chi connectivity index (χ2n) is 5.35. The molecule has 2 heterocycles. The van der Waals surface area contributed by atoms with E-state index in [9.17, 15) is 8.42 Å². The van der Waals surface area contributed by atoms with E-state index in [0.717, 1.165) is 0 Å². The Morgan fingerprint density at radius 1 is 1.29 bits per heavy atom. The van der Waals surface area contributed by atoms with Crippen LogP contribution in [0.15, 0.2) is 46.0 Å². The first-order chi connectivity index (χ1) is 11.4. The van der Waals surface area contributed by atoms with Gasteiger partial charge in [-0.05, 0) is 28.1 Å². The van der Waals surface area contributed by atoms with Gasteiger partial charge in [0.05, 0.1) is 10.9 Å². The third-order valence-electron chi connectivity index (χ3n) is 3.95. The number of nitrogens with zero attached hydrogens (tertiary/aromatic N) is 5. The minimum absolute atomic E-state index is 0.185. The molecule has 0 aliphatic carbocycles. The number of halogens is 1. The Kier molecular flexibility index (Phi) is 4.54. The highest BCUT2D eigenvalue weighted by Gasteiger charge is 2.38. The third-order valence-corrected chi connectivity index (χ3v) is 6.88. The number of likely N-dealkylation sites (N-methyl/N-ethyl adjacent to an activating group) is 1. The second kappa shape index (κ2) is 6.47. The Bertz CT molecular complexity index is 906. The van der Waals surface area contributed by atoms with Gasteiger partial charge in [0, 0.05) is 37.0 Å². The van der Waals surface area contributed by atoms with Crippen molar-refractivity contribution in [3.05, 3.63) is 46.8 Å². The van der Waals surface area contributed by atoms with Crippen LogP contribution in [0.5, 0.6) is 0 Å². The largest absolute Gasteiger partial charge is 0.351 e. The van der Waals surface area contributed by atoms with Crippen molar-refractivity contribution in [3.63, 3.8) is 0 Å². The number of hydrogen-bond acceptors (Lipinski definition) is 6. The predicted octanol–water partition coefficient (Wildman–Crippen LogP) is 1.62. The molecule has 1 saturated heterocycles. The van der Waals surface area contributed by atoms with Crippen LogP contribution in [0, 0.1) is 11.3 Å². The van der Waals surface area contributed by atoms with Gasteiger partial charge in [-0.15, -0.1) is 0 Å². The predicted molar refractivity (Wildman–Crippen MR) is 91.8 cm³/mol. The van der Waals surface area contributed by atoms with Crippen molar-refractivity contribution in [2.45, 2.75) is 10.9 Å². The summed E-state index contributed by atoms with van der Waals surface area (Å²) < 4.78 is 27.4. The van der Waals surface area contributed by atoms with Gasteiger partial charge in [0.25, 0.3) is 0 Å². The van der Waals surface area contributed by atoms with E-state index >= 15 is 0 Å². The molecule has 0 N–H and O–H groups in total. The molecule has 0 unspecified atom stereocenters. The van der Waals surface area contributed by atoms with Gasteiger partial charge in [0.2, 0.25) is 10.0 Å². The average Bonchev–Trinajstić information content (AvgIpc) is 2.54. The zero-order valence-electron chi connectivity index (χ0n) is 12.8. The van der Waals surface area contributed by atoms with E-state index in [1.54, 1.807) is 31.3 Å². The van der Waals surface area contributed by atoms with Crippen LogP contribution in [0.4, 0.5) is 5.82 Å². The Balaban J connectivity index is 1.76. The molecule has 124 valence electrons. The minimum atomic E-state index is -3.59. The second-order valence-corrected chi connectivity index (χ2v) is 8.17. The first kappa shape index (κ1) is 16.8. The summed E-state index contributed by atoms with van der Waals surface area (Å²) in [7, 11) is -2.02. The molecule has 1 aromatic heterocycles. The van der Waals surface area contributed by atoms with E-state index in [-0.39, 0.29) is 16.6 Å². The van der Waals surface area contributed by atoms with E-state index < -0.39 is 10.0 Å². The molecular formula is C15H14BrN5O2S. The van der Waals surface area contributed by atoms with Crippen molar-refractivity contribution in [1.82, 2.24) is 14.3 Å². The number of nitriles is 1. The number of rotatable bonds is 4. The van der Waals surface area contributed by atoms with E-state index in [2.05, 4.69) is 25.9 Å². The standard InChI is InChI=1S/C15H14BrN5O2S/c1-20(24(22,23)14-5-3-2-4-12(14)16)11-9-21(10-11)15-13(8-17)18-6-7-19-15/h2-7,11H,9-10H2,1H3. The molecular weight excluding hydrogens is 394 g/mol. The molecule has 1 aliphatic heterocycles. The van der Waals surface area contributed by atoms with Crippen LogP contribution in [-0.2, 0) is 10.0 Å². The van der Waals surface area contributed by atoms with Crippen LogP contribution >= 0.6 is 15.9 Å². The summed E-state index contributed by atoms with van der Waals surface area (Å²) in [4.78, 5) is 10.2. The van der Waals surface area contributed by atoms with Gasteiger partial charge in [-0.3, -0.25) is 0 Å². The fourth-order valence-corrected chi connectivity index (χ4v) is 4.80. The lowest BCUT2D eigenvalue weighted by Crippen LogP contribution is -2.60. The highest BCUT2D eigenvalue weighted by molar-refractivity contribution is 9.10. The highest BCUT2D eigenvalue weighted by atomic mass is 79.9. The van der Waals surface area contributed by atoms with Crippen LogP contribution in [0.25, 0.3) is 0 Å². The SMILES string of the molecule is CN(C1CN(c2nccnc2C#N)C1)S(=O)(=O)c1ccccc1Br. The van der Waals surface area contributed by atoms with Crippen LogP contribution in [0.1, 0.15) is 5.69 Å². The number of benzene rings is 1. The third kappa shape index (κ3) is 2.88. The topological polar surface area (TPSA) is 90.2 Å². The van der Waals surface area contributed by atoms with Crippen molar-refractivity contribution in [1.29, 1.82) is 5.26 Å². The summed E-state index contributed by atoms with van der Waals surface area (Å²) in [5, 5.41) is 9.08. The fraction of sp³-hybridized carbons (Fsp3) is 0.267. The number of aromatic nitrogens is 2. The molecule has 2 aromatic rings. The quantitative estimate of drug-likeness (QED) is 0.764. The van der Waals surface area contributed by atoms with Crippen LogP contribution in [0.2, 0.25) is 0 Å². The summed E-state index contributed by atoms with van der Waals surface area (Å²) in [6.07, 6.45) is 2.98. The zero-order chi connectivity index (χ0) is 17.3. The average molecular weight is 408 g/mol. The molecule has 0 bridgehead atoms. The molecule has 1 fully saturated rings. The lowest BCUT2D eigenvalue weighted by Gasteiger charge is -2.43. The molecule has 3 rings (SSSR count). The molecule has 0 spiro atoms. The molecule has 7 nitrogen and oxygen atoms in total. The summed E-state index contributed by atoms with van der Waals surface area (Å²) in [5.41, 5.74) is 0.243. The van der Waals surface area contributed by atoms with Gasteiger partial charge >= 0.3 is 0 Å². The van der Waals surface area contributed by atoms with E-state index in [1.807, 2.05) is 11.0 Å². The monoisotopic (exact) mass is 407 g/mol. The molecule has 0 radical (unpaired) electrons. The lowest BCUT2D eigenvalue weighted by atomic mass is 10.1. The Morgan fingerprint density at radius 3 is 2.62 bits per heavy atom. The van der Waals surface area contributed by atoms with E-state index in [0.29, 0.717) is 23.4 Å². The van der Waals surface area contributed by atoms with Crippen molar-refractivity contribution >= 4 is 31.8 Å². The first-order valence-electron chi connectivity index (χ1n) is 7.13. The van der Waals surface area contributed by atoms with Crippen molar-refractivity contribution < 1.29 is 8.42 Å². The lowest BCUT2D eigenvalue weighted by molar-refractivity contribution is 0.309. The first-order valence-corrected chi connectivity index (χ1v) is 9.37. The van der Waals surface area contributed by atoms with Gasteiger partial charge in [-0.25, -0.2) is 18.4 Å². The van der Waals surface area contributed by atoms with Gasteiger partial charge < -0.3 is 4.90 Å². The Hall–Kier alpha value is -2.02. The summed E-state index contributed by atoms with van der Waals surface area (Å²) in [6.45, 7) is 0.932. The highest BCUT2D eigenvalue weighted by Crippen LogP contribution is 2.29. The van der Waals surface area contributed by atoms with Crippen LogP contribution in [-0.4, -0.2) is 48.9 Å². The summed E-state index contributed by atoms with van der Waals surface area (Å²) >= 11 is 3.29. The Labute approximate surface area is 148 Å². The van der Waals surface area contributed by atoms with Crippen molar-refractivity contribution in [2.24, 2.45) is 0 Å². The van der Waals surface area contributed by atoms with Gasteiger partial charge in [-0.2, -0.15) is 9.57 Å². The molecule has 0 amide bonds. The van der Waals surface area contributed by atoms with E-state index in [4.69, 9.17) is 5.26 Å². The molecule has 24 heavy (non-hydrogen) atoms. The Morgan fingerprint density at radius 2 is 1.96 bits per heavy atom. The number of anilines is 1. The summed E-state index contributed by atoms with van der Waals surface area (Å²) in [5.74, 6) is 0.489. The fourth-order valence-electron chi connectivity index (χ4n) is 2.50. The maximum absolute atomic E-state index is 12.8. The molecule has 9 heteroatoms.